The summed E-state index contributed by atoms with van der Waals surface area (Å²) in [5.74, 6) is 0. The molecule has 1 atom stereocenters. The maximum Gasteiger partial charge on any atom is 0.0519 e. The van der Waals surface area contributed by atoms with Crippen LogP contribution in [-0.2, 0) is 0 Å². The molecule has 0 radical (unpaired) electrons. The van der Waals surface area contributed by atoms with Crippen molar-refractivity contribution < 1.29 is 0 Å². The first-order chi connectivity index (χ1) is 9.79. The molecule has 0 saturated carbocycles. The fourth-order valence-corrected chi connectivity index (χ4v) is 3.86. The van der Waals surface area contributed by atoms with Crippen molar-refractivity contribution in [2.45, 2.75) is 47.6 Å². The van der Waals surface area contributed by atoms with Gasteiger partial charge >= 0.3 is 0 Å². The summed E-state index contributed by atoms with van der Waals surface area (Å²) in [6, 6.07) is 6.72. The van der Waals surface area contributed by atoms with E-state index in [1.165, 1.54) is 22.3 Å². The smallest absolute Gasteiger partial charge is 0.0519 e. The molecule has 2 aromatic rings. The Bertz CT molecular complexity index is 631. The fraction of sp³-hybridized carbons (Fsp3) is 0.389. The van der Waals surface area contributed by atoms with Gasteiger partial charge in [-0.1, -0.05) is 6.07 Å². The first kappa shape index (κ1) is 16.0. The van der Waals surface area contributed by atoms with Gasteiger partial charge in [-0.2, -0.15) is 0 Å². The lowest BCUT2D eigenvalue weighted by Gasteiger charge is -2.22. The molecule has 1 N–H and O–H groups in total. The molecule has 1 aromatic heterocycles. The van der Waals surface area contributed by atoms with Gasteiger partial charge in [0.05, 0.1) is 11.7 Å². The summed E-state index contributed by atoms with van der Waals surface area (Å²) in [7, 11) is 0. The van der Waals surface area contributed by atoms with Crippen molar-refractivity contribution in [2.24, 2.45) is 0 Å². The molecule has 2 nitrogen and oxygen atoms in total. The molecule has 1 unspecified atom stereocenters. The van der Waals surface area contributed by atoms with Gasteiger partial charge in [-0.15, -0.1) is 0 Å². The summed E-state index contributed by atoms with van der Waals surface area (Å²) >= 11 is 3.67. The summed E-state index contributed by atoms with van der Waals surface area (Å²) in [4.78, 5) is 4.60. The average molecular weight is 347 g/mol. The number of benzene rings is 1. The van der Waals surface area contributed by atoms with Crippen molar-refractivity contribution in [2.75, 3.05) is 5.32 Å². The molecular weight excluding hydrogens is 324 g/mol. The van der Waals surface area contributed by atoms with E-state index in [9.17, 15) is 0 Å². The Hall–Kier alpha value is -1.35. The minimum Gasteiger partial charge on any atom is -0.377 e. The molecule has 0 aliphatic rings. The second-order valence-electron chi connectivity index (χ2n) is 5.88. The molecule has 0 fully saturated rings. The first-order valence-electron chi connectivity index (χ1n) is 7.27. The van der Waals surface area contributed by atoms with Crippen molar-refractivity contribution in [1.29, 1.82) is 0 Å². The molecule has 1 aromatic carbocycles. The Balaban J connectivity index is 2.37. The molecule has 0 aliphatic carbocycles. The highest BCUT2D eigenvalue weighted by Gasteiger charge is 2.15. The SMILES string of the molecule is Cc1cc(C)c(NC(C)c2c(C)cc(C)nc2C)c(Br)c1. The Kier molecular flexibility index (Phi) is 4.72. The van der Waals surface area contributed by atoms with Gasteiger partial charge in [-0.05, 0) is 91.9 Å². The van der Waals surface area contributed by atoms with Crippen molar-refractivity contribution in [3.63, 3.8) is 0 Å². The van der Waals surface area contributed by atoms with Crippen LogP contribution < -0.4 is 5.32 Å². The maximum absolute atomic E-state index is 4.60. The number of nitrogens with one attached hydrogen (secondary N) is 1. The van der Waals surface area contributed by atoms with Crippen LogP contribution in [0, 0.1) is 34.6 Å². The van der Waals surface area contributed by atoms with Gasteiger partial charge in [-0.3, -0.25) is 4.98 Å². The standard InChI is InChI=1S/C18H23BrN2/c1-10-7-12(3)18(16(19)8-10)21-15(6)17-11(2)9-13(4)20-14(17)5/h7-9,15,21H,1-6H3. The number of halogens is 1. The van der Waals surface area contributed by atoms with E-state index in [-0.39, 0.29) is 6.04 Å². The monoisotopic (exact) mass is 346 g/mol. The zero-order valence-electron chi connectivity index (χ0n) is 13.6. The molecular formula is C18H23BrN2. The van der Waals surface area contributed by atoms with Crippen molar-refractivity contribution in [1.82, 2.24) is 4.98 Å². The zero-order valence-corrected chi connectivity index (χ0v) is 15.2. The van der Waals surface area contributed by atoms with Gasteiger partial charge in [0, 0.05) is 15.9 Å². The highest BCUT2D eigenvalue weighted by Crippen LogP contribution is 2.32. The van der Waals surface area contributed by atoms with Gasteiger partial charge in [0.25, 0.3) is 0 Å². The molecule has 21 heavy (non-hydrogen) atoms. The van der Waals surface area contributed by atoms with Crippen LogP contribution >= 0.6 is 15.9 Å². The van der Waals surface area contributed by atoms with Gasteiger partial charge < -0.3 is 5.32 Å². The van der Waals surface area contributed by atoms with Crippen LogP contribution in [0.3, 0.4) is 0 Å². The number of nitrogens with zero attached hydrogens (tertiary/aromatic N) is 1. The van der Waals surface area contributed by atoms with Crippen LogP contribution in [0.2, 0.25) is 0 Å². The summed E-state index contributed by atoms with van der Waals surface area (Å²) in [5.41, 5.74) is 8.44. The Morgan fingerprint density at radius 2 is 1.67 bits per heavy atom. The molecule has 0 aliphatic heterocycles. The Morgan fingerprint density at radius 1 is 1.00 bits per heavy atom. The maximum atomic E-state index is 4.60. The lowest BCUT2D eigenvalue weighted by Crippen LogP contribution is -2.12. The molecule has 0 saturated heterocycles. The molecule has 112 valence electrons. The summed E-state index contributed by atoms with van der Waals surface area (Å²) in [5, 5.41) is 3.64. The lowest BCUT2D eigenvalue weighted by atomic mass is 9.99. The van der Waals surface area contributed by atoms with E-state index in [1.807, 2.05) is 6.92 Å². The molecule has 2 rings (SSSR count). The zero-order chi connectivity index (χ0) is 15.7. The van der Waals surface area contributed by atoms with Crippen LogP contribution in [0.5, 0.6) is 0 Å². The number of rotatable bonds is 3. The largest absolute Gasteiger partial charge is 0.377 e. The number of aromatic nitrogens is 1. The summed E-state index contributed by atoms with van der Waals surface area (Å²) < 4.78 is 1.11. The van der Waals surface area contributed by atoms with Gasteiger partial charge in [0.15, 0.2) is 0 Å². The predicted octanol–water partition coefficient (Wildman–Crippen LogP) is 5.56. The lowest BCUT2D eigenvalue weighted by molar-refractivity contribution is 0.840. The third kappa shape index (κ3) is 3.46. The molecule has 1 heterocycles. The Labute approximate surface area is 136 Å². The fourth-order valence-electron chi connectivity index (χ4n) is 3.08. The summed E-state index contributed by atoms with van der Waals surface area (Å²) in [6.45, 7) is 12.7. The third-order valence-electron chi connectivity index (χ3n) is 3.81. The Morgan fingerprint density at radius 3 is 2.24 bits per heavy atom. The first-order valence-corrected chi connectivity index (χ1v) is 8.07. The number of anilines is 1. The van der Waals surface area contributed by atoms with Crippen LogP contribution in [0.15, 0.2) is 22.7 Å². The molecule has 0 amide bonds. The minimum absolute atomic E-state index is 0.218. The van der Waals surface area contributed by atoms with Crippen LogP contribution in [0.4, 0.5) is 5.69 Å². The van der Waals surface area contributed by atoms with E-state index in [0.717, 1.165) is 21.5 Å². The second-order valence-corrected chi connectivity index (χ2v) is 6.74. The number of hydrogen-bond donors (Lipinski definition) is 1. The van der Waals surface area contributed by atoms with Gasteiger partial charge in [0.2, 0.25) is 0 Å². The van der Waals surface area contributed by atoms with E-state index in [4.69, 9.17) is 0 Å². The van der Waals surface area contributed by atoms with Crippen molar-refractivity contribution in [3.05, 3.63) is 56.3 Å². The molecule has 0 spiro atoms. The molecule has 3 heteroatoms. The van der Waals surface area contributed by atoms with Gasteiger partial charge in [-0.25, -0.2) is 0 Å². The average Bonchev–Trinajstić information content (AvgIpc) is 2.32. The topological polar surface area (TPSA) is 24.9 Å². The van der Waals surface area contributed by atoms with Crippen LogP contribution in [-0.4, -0.2) is 4.98 Å². The van der Waals surface area contributed by atoms with Gasteiger partial charge in [0.1, 0.15) is 0 Å². The quantitative estimate of drug-likeness (QED) is 0.786. The van der Waals surface area contributed by atoms with E-state index in [1.54, 1.807) is 0 Å². The number of pyridine rings is 1. The van der Waals surface area contributed by atoms with Crippen LogP contribution in [0.1, 0.15) is 46.6 Å². The van der Waals surface area contributed by atoms with Crippen molar-refractivity contribution >= 4 is 21.6 Å². The number of hydrogen-bond acceptors (Lipinski definition) is 2. The number of aryl methyl sites for hydroxylation is 5. The highest BCUT2D eigenvalue weighted by atomic mass is 79.9. The summed E-state index contributed by atoms with van der Waals surface area (Å²) in [6.07, 6.45) is 0. The molecule has 0 bridgehead atoms. The van der Waals surface area contributed by atoms with E-state index < -0.39 is 0 Å². The predicted molar refractivity (Wildman–Crippen MR) is 94.1 cm³/mol. The second kappa shape index (κ2) is 6.18. The highest BCUT2D eigenvalue weighted by molar-refractivity contribution is 9.10. The normalized spacial score (nSPS) is 12.3. The van der Waals surface area contributed by atoms with E-state index >= 15 is 0 Å². The van der Waals surface area contributed by atoms with E-state index in [0.29, 0.717) is 0 Å². The van der Waals surface area contributed by atoms with Crippen LogP contribution in [0.25, 0.3) is 0 Å². The third-order valence-corrected chi connectivity index (χ3v) is 4.44. The minimum atomic E-state index is 0.218. The van der Waals surface area contributed by atoms with E-state index in [2.05, 4.69) is 79.0 Å². The van der Waals surface area contributed by atoms with Crippen molar-refractivity contribution in [3.8, 4) is 0 Å².